The summed E-state index contributed by atoms with van der Waals surface area (Å²) in [7, 11) is 1.63. The van der Waals surface area contributed by atoms with Crippen LogP contribution in [0.15, 0.2) is 36.9 Å². The smallest absolute Gasteiger partial charge is 0.226 e. The van der Waals surface area contributed by atoms with Crippen LogP contribution in [0.2, 0.25) is 0 Å². The average molecular weight is 356 g/mol. The van der Waals surface area contributed by atoms with Crippen molar-refractivity contribution in [3.8, 4) is 5.75 Å². The minimum Gasteiger partial charge on any atom is -0.497 e. The summed E-state index contributed by atoms with van der Waals surface area (Å²) in [6.07, 6.45) is 6.56. The average Bonchev–Trinajstić information content (AvgIpc) is 2.66. The maximum Gasteiger partial charge on any atom is 0.226 e. The van der Waals surface area contributed by atoms with Gasteiger partial charge in [0.05, 0.1) is 13.5 Å². The fraction of sp³-hybridized carbons (Fsp3) is 0.524. The molecule has 5 heteroatoms. The van der Waals surface area contributed by atoms with Crippen LogP contribution < -0.4 is 4.74 Å². The van der Waals surface area contributed by atoms with E-state index in [9.17, 15) is 9.59 Å². The van der Waals surface area contributed by atoms with Crippen molar-refractivity contribution < 1.29 is 14.3 Å². The van der Waals surface area contributed by atoms with Crippen molar-refractivity contribution in [3.05, 3.63) is 42.5 Å². The Balaban J connectivity index is 1.60. The maximum absolute atomic E-state index is 12.7. The Bertz CT molecular complexity index is 660. The van der Waals surface area contributed by atoms with E-state index in [4.69, 9.17) is 4.74 Å². The first-order valence-corrected chi connectivity index (χ1v) is 9.40. The van der Waals surface area contributed by atoms with Crippen LogP contribution in [0.5, 0.6) is 5.75 Å². The van der Waals surface area contributed by atoms with Gasteiger partial charge >= 0.3 is 0 Å². The molecule has 140 valence electrons. The van der Waals surface area contributed by atoms with Crippen molar-refractivity contribution in [2.24, 2.45) is 0 Å². The molecule has 1 spiro atoms. The van der Waals surface area contributed by atoms with Crippen molar-refractivity contribution in [2.45, 2.75) is 44.1 Å². The van der Waals surface area contributed by atoms with Crippen LogP contribution in [0, 0.1) is 0 Å². The van der Waals surface area contributed by atoms with Gasteiger partial charge in [0.15, 0.2) is 0 Å². The van der Waals surface area contributed by atoms with Gasteiger partial charge in [0.25, 0.3) is 0 Å². The molecular weight excluding hydrogens is 328 g/mol. The summed E-state index contributed by atoms with van der Waals surface area (Å²) < 4.78 is 5.16. The largest absolute Gasteiger partial charge is 0.497 e. The van der Waals surface area contributed by atoms with Crippen molar-refractivity contribution >= 4 is 11.8 Å². The second-order valence-corrected chi connectivity index (χ2v) is 7.28. The van der Waals surface area contributed by atoms with Gasteiger partial charge < -0.3 is 14.5 Å². The van der Waals surface area contributed by atoms with Gasteiger partial charge in [-0.15, -0.1) is 6.58 Å². The monoisotopic (exact) mass is 356 g/mol. The number of nitrogens with zero attached hydrogens (tertiary/aromatic N) is 2. The zero-order chi connectivity index (χ0) is 18.6. The van der Waals surface area contributed by atoms with Crippen molar-refractivity contribution in [1.82, 2.24) is 9.80 Å². The molecular formula is C21H28N2O3. The second-order valence-electron chi connectivity index (χ2n) is 7.28. The maximum atomic E-state index is 12.7. The lowest BCUT2D eigenvalue weighted by atomic mass is 9.78. The van der Waals surface area contributed by atoms with Gasteiger partial charge in [-0.05, 0) is 43.4 Å². The topological polar surface area (TPSA) is 49.9 Å². The summed E-state index contributed by atoms with van der Waals surface area (Å²) >= 11 is 0. The Labute approximate surface area is 155 Å². The van der Waals surface area contributed by atoms with Gasteiger partial charge in [0.1, 0.15) is 5.75 Å². The summed E-state index contributed by atoms with van der Waals surface area (Å²) in [6, 6.07) is 7.64. The highest BCUT2D eigenvalue weighted by Crippen LogP contribution is 2.38. The first kappa shape index (κ1) is 18.5. The Hall–Kier alpha value is -2.30. The molecule has 1 aromatic carbocycles. The van der Waals surface area contributed by atoms with Gasteiger partial charge in [-0.2, -0.15) is 0 Å². The van der Waals surface area contributed by atoms with E-state index in [0.29, 0.717) is 19.4 Å². The Kier molecular flexibility index (Phi) is 5.64. The van der Waals surface area contributed by atoms with Gasteiger partial charge in [0.2, 0.25) is 11.8 Å². The molecule has 2 heterocycles. The number of methoxy groups -OCH3 is 1. The highest BCUT2D eigenvalue weighted by molar-refractivity contribution is 5.80. The van der Waals surface area contributed by atoms with E-state index < -0.39 is 0 Å². The zero-order valence-electron chi connectivity index (χ0n) is 15.6. The van der Waals surface area contributed by atoms with Crippen molar-refractivity contribution in [2.75, 3.05) is 26.7 Å². The highest BCUT2D eigenvalue weighted by atomic mass is 16.5. The van der Waals surface area contributed by atoms with Gasteiger partial charge in [-0.25, -0.2) is 0 Å². The van der Waals surface area contributed by atoms with Crippen LogP contribution in [0.3, 0.4) is 0 Å². The molecule has 2 amide bonds. The SMILES string of the molecule is C=CCN1C(=O)CCCC12CCN(C(=O)Cc1ccc(OC)cc1)CC2. The van der Waals surface area contributed by atoms with Crippen molar-refractivity contribution in [3.63, 3.8) is 0 Å². The molecule has 2 aliphatic heterocycles. The number of piperidine rings is 2. The molecule has 0 saturated carbocycles. The number of rotatable bonds is 5. The summed E-state index contributed by atoms with van der Waals surface area (Å²) in [6.45, 7) is 5.85. The fourth-order valence-corrected chi connectivity index (χ4v) is 4.25. The first-order valence-electron chi connectivity index (χ1n) is 9.40. The molecule has 0 unspecified atom stereocenters. The van der Waals surface area contributed by atoms with Crippen LogP contribution >= 0.6 is 0 Å². The highest BCUT2D eigenvalue weighted by Gasteiger charge is 2.44. The van der Waals surface area contributed by atoms with Crippen LogP contribution in [-0.4, -0.2) is 53.9 Å². The lowest BCUT2D eigenvalue weighted by Gasteiger charge is -2.51. The Morgan fingerprint density at radius 1 is 1.23 bits per heavy atom. The number of hydrogen-bond donors (Lipinski definition) is 0. The van der Waals surface area contributed by atoms with E-state index in [-0.39, 0.29) is 17.4 Å². The minimum absolute atomic E-state index is 0.0829. The summed E-state index contributed by atoms with van der Waals surface area (Å²) in [5.41, 5.74) is 0.915. The van der Waals surface area contributed by atoms with E-state index in [0.717, 1.165) is 50.1 Å². The third-order valence-electron chi connectivity index (χ3n) is 5.78. The third kappa shape index (κ3) is 3.76. The molecule has 0 atom stereocenters. The fourth-order valence-electron chi connectivity index (χ4n) is 4.25. The number of carbonyl (C=O) groups is 2. The molecule has 0 aromatic heterocycles. The molecule has 26 heavy (non-hydrogen) atoms. The summed E-state index contributed by atoms with van der Waals surface area (Å²) in [5, 5.41) is 0. The number of carbonyl (C=O) groups excluding carboxylic acids is 2. The number of amides is 2. The van der Waals surface area contributed by atoms with Crippen LogP contribution in [0.1, 0.15) is 37.7 Å². The van der Waals surface area contributed by atoms with Crippen LogP contribution in [0.25, 0.3) is 0 Å². The molecule has 2 saturated heterocycles. The zero-order valence-corrected chi connectivity index (χ0v) is 15.6. The van der Waals surface area contributed by atoms with E-state index >= 15 is 0 Å². The summed E-state index contributed by atoms with van der Waals surface area (Å²) in [5.74, 6) is 1.18. The molecule has 0 N–H and O–H groups in total. The lowest BCUT2D eigenvalue weighted by Crippen LogP contribution is -2.60. The van der Waals surface area contributed by atoms with Gasteiger partial charge in [-0.3, -0.25) is 9.59 Å². The molecule has 2 aliphatic rings. The molecule has 0 bridgehead atoms. The normalized spacial score (nSPS) is 19.5. The number of likely N-dealkylation sites (tertiary alicyclic amines) is 2. The predicted molar refractivity (Wildman–Crippen MR) is 101 cm³/mol. The Morgan fingerprint density at radius 3 is 2.54 bits per heavy atom. The standard InChI is InChI=1S/C21H28N2O3/c1-3-13-23-19(24)5-4-10-21(23)11-14-22(15-12-21)20(25)16-17-6-8-18(26-2)9-7-17/h3,6-9H,1,4-5,10-16H2,2H3. The molecule has 1 aromatic rings. The molecule has 0 aliphatic carbocycles. The lowest BCUT2D eigenvalue weighted by molar-refractivity contribution is -0.146. The van der Waals surface area contributed by atoms with E-state index in [2.05, 4.69) is 6.58 Å². The van der Waals surface area contributed by atoms with E-state index in [1.807, 2.05) is 40.1 Å². The minimum atomic E-state index is -0.0829. The number of hydrogen-bond acceptors (Lipinski definition) is 3. The van der Waals surface area contributed by atoms with Crippen LogP contribution in [-0.2, 0) is 16.0 Å². The number of benzene rings is 1. The van der Waals surface area contributed by atoms with Crippen LogP contribution in [0.4, 0.5) is 0 Å². The molecule has 3 rings (SSSR count). The summed E-state index contributed by atoms with van der Waals surface area (Å²) in [4.78, 5) is 29.0. The van der Waals surface area contributed by atoms with E-state index in [1.54, 1.807) is 7.11 Å². The molecule has 5 nitrogen and oxygen atoms in total. The quantitative estimate of drug-likeness (QED) is 0.762. The van der Waals surface area contributed by atoms with E-state index in [1.165, 1.54) is 0 Å². The second kappa shape index (κ2) is 7.94. The predicted octanol–water partition coefficient (Wildman–Crippen LogP) is 2.80. The molecule has 2 fully saturated rings. The molecule has 0 radical (unpaired) electrons. The van der Waals surface area contributed by atoms with Crippen molar-refractivity contribution in [1.29, 1.82) is 0 Å². The van der Waals surface area contributed by atoms with Gasteiger partial charge in [-0.1, -0.05) is 18.2 Å². The third-order valence-corrected chi connectivity index (χ3v) is 5.78. The number of ether oxygens (including phenoxy) is 1. The first-order chi connectivity index (χ1) is 12.6. The van der Waals surface area contributed by atoms with Gasteiger partial charge in [0, 0.05) is 31.6 Å². The Morgan fingerprint density at radius 2 is 1.92 bits per heavy atom.